The van der Waals surface area contributed by atoms with E-state index in [0.29, 0.717) is 46.5 Å². The normalized spacial score (nSPS) is 18.4. The van der Waals surface area contributed by atoms with Crippen molar-refractivity contribution < 1.29 is 13.9 Å². The number of methoxy groups -OCH3 is 1. The van der Waals surface area contributed by atoms with Gasteiger partial charge < -0.3 is 30.5 Å². The molecule has 1 amide bonds. The summed E-state index contributed by atoms with van der Waals surface area (Å²) in [5.41, 5.74) is 2.11. The second kappa shape index (κ2) is 14.0. The summed E-state index contributed by atoms with van der Waals surface area (Å²) in [6.45, 7) is 6.99. The number of likely N-dealkylation sites (tertiary alicyclic amines) is 1. The summed E-state index contributed by atoms with van der Waals surface area (Å²) in [7, 11) is 5.82. The zero-order chi connectivity index (χ0) is 28.6. The minimum atomic E-state index is -0.362. The lowest BCUT2D eigenvalue weighted by molar-refractivity contribution is -0.111. The Labute approximate surface area is 240 Å². The Morgan fingerprint density at radius 2 is 2.02 bits per heavy atom. The van der Waals surface area contributed by atoms with Crippen LogP contribution < -0.4 is 25.6 Å². The van der Waals surface area contributed by atoms with Crippen molar-refractivity contribution in [3.8, 4) is 5.75 Å². The van der Waals surface area contributed by atoms with Crippen molar-refractivity contribution in [3.63, 3.8) is 0 Å². The minimum Gasteiger partial charge on any atom is -0.494 e. The van der Waals surface area contributed by atoms with Gasteiger partial charge >= 0.3 is 0 Å². The van der Waals surface area contributed by atoms with Crippen molar-refractivity contribution in [3.05, 3.63) is 36.0 Å². The Balaban J connectivity index is 1.57. The van der Waals surface area contributed by atoms with Crippen LogP contribution in [0.15, 0.2) is 31.0 Å². The molecule has 0 spiro atoms. The van der Waals surface area contributed by atoms with Gasteiger partial charge in [-0.3, -0.25) is 9.69 Å². The molecule has 3 N–H and O–H groups in total. The van der Waals surface area contributed by atoms with Gasteiger partial charge in [-0.15, -0.1) is 0 Å². The van der Waals surface area contributed by atoms with Gasteiger partial charge in [0.2, 0.25) is 11.9 Å². The predicted octanol–water partition coefficient (Wildman–Crippen LogP) is 4.38. The van der Waals surface area contributed by atoms with Crippen LogP contribution in [0.4, 0.5) is 33.2 Å². The van der Waals surface area contributed by atoms with Crippen LogP contribution in [0.1, 0.15) is 25.7 Å². The number of carbonyl (C=O) groups excluding carboxylic acids is 1. The molecule has 0 unspecified atom stereocenters. The molecular weight excluding hydrogens is 535 g/mol. The first kappa shape index (κ1) is 29.8. The fourth-order valence-electron chi connectivity index (χ4n) is 5.34. The van der Waals surface area contributed by atoms with Crippen molar-refractivity contribution in [1.29, 1.82) is 0 Å². The van der Waals surface area contributed by atoms with Crippen LogP contribution in [0.3, 0.4) is 0 Å². The van der Waals surface area contributed by atoms with Crippen LogP contribution in [0.25, 0.3) is 0 Å². The van der Waals surface area contributed by atoms with Gasteiger partial charge in [-0.05, 0) is 58.5 Å². The van der Waals surface area contributed by atoms with E-state index in [2.05, 4.69) is 61.3 Å². The number of benzene rings is 1. The maximum atomic E-state index is 12.9. The molecule has 2 aliphatic heterocycles. The molecule has 218 valence electrons. The number of amides is 1. The highest BCUT2D eigenvalue weighted by atomic mass is 35.5. The average Bonchev–Trinajstić information content (AvgIpc) is 2.95. The van der Waals surface area contributed by atoms with Crippen LogP contribution in [0.2, 0.25) is 5.02 Å². The molecule has 10 nitrogen and oxygen atoms in total. The number of hydrogen-bond acceptors (Lipinski definition) is 9. The fraction of sp³-hybridized carbons (Fsp3) is 0.536. The molecule has 12 heteroatoms. The first-order valence-electron chi connectivity index (χ1n) is 13.7. The summed E-state index contributed by atoms with van der Waals surface area (Å²) in [6.07, 6.45) is 6.74. The third-order valence-electron chi connectivity index (χ3n) is 7.53. The molecule has 3 heterocycles. The van der Waals surface area contributed by atoms with E-state index in [0.717, 1.165) is 57.5 Å². The minimum absolute atomic E-state index is 0.103. The molecule has 0 radical (unpaired) electrons. The van der Waals surface area contributed by atoms with Crippen LogP contribution in [0, 0.1) is 0 Å². The van der Waals surface area contributed by atoms with Crippen LogP contribution >= 0.6 is 11.6 Å². The van der Waals surface area contributed by atoms with Gasteiger partial charge in [-0.25, -0.2) is 9.37 Å². The maximum absolute atomic E-state index is 12.9. The maximum Gasteiger partial charge on any atom is 0.247 e. The molecule has 40 heavy (non-hydrogen) atoms. The molecule has 1 aromatic carbocycles. The summed E-state index contributed by atoms with van der Waals surface area (Å²) in [4.78, 5) is 27.9. The molecule has 1 aromatic heterocycles. The van der Waals surface area contributed by atoms with Gasteiger partial charge in [0.25, 0.3) is 0 Å². The zero-order valence-electron chi connectivity index (χ0n) is 23.6. The number of anilines is 5. The number of carbonyl (C=O) groups is 1. The summed E-state index contributed by atoms with van der Waals surface area (Å²) >= 11 is 6.43. The Bertz CT molecular complexity index is 1170. The van der Waals surface area contributed by atoms with Gasteiger partial charge in [0.05, 0.1) is 30.4 Å². The monoisotopic (exact) mass is 574 g/mol. The first-order valence-corrected chi connectivity index (χ1v) is 14.1. The predicted molar refractivity (Wildman–Crippen MR) is 160 cm³/mol. The molecular formula is C28H40ClFN8O2. The zero-order valence-corrected chi connectivity index (χ0v) is 24.3. The topological polar surface area (TPSA) is 97.9 Å². The number of hydrogen-bond donors (Lipinski definition) is 3. The van der Waals surface area contributed by atoms with E-state index in [4.69, 9.17) is 16.3 Å². The smallest absolute Gasteiger partial charge is 0.247 e. The van der Waals surface area contributed by atoms with E-state index in [1.165, 1.54) is 12.3 Å². The Morgan fingerprint density at radius 1 is 1.25 bits per heavy atom. The van der Waals surface area contributed by atoms with Gasteiger partial charge in [-0.2, -0.15) is 4.98 Å². The third kappa shape index (κ3) is 7.52. The number of nitrogens with zero attached hydrogens (tertiary/aromatic N) is 5. The van der Waals surface area contributed by atoms with E-state index >= 15 is 0 Å². The van der Waals surface area contributed by atoms with Gasteiger partial charge in [0.15, 0.2) is 5.82 Å². The Kier molecular flexibility index (Phi) is 10.4. The van der Waals surface area contributed by atoms with Gasteiger partial charge in [0, 0.05) is 44.3 Å². The first-order chi connectivity index (χ1) is 19.3. The van der Waals surface area contributed by atoms with Crippen LogP contribution in [-0.2, 0) is 4.79 Å². The Hall–Kier alpha value is -3.15. The third-order valence-corrected chi connectivity index (χ3v) is 7.81. The number of alkyl halides is 1. The highest BCUT2D eigenvalue weighted by Crippen LogP contribution is 2.39. The van der Waals surface area contributed by atoms with E-state index in [1.807, 2.05) is 12.1 Å². The van der Waals surface area contributed by atoms with E-state index in [1.54, 1.807) is 7.11 Å². The molecule has 0 bridgehead atoms. The highest BCUT2D eigenvalue weighted by molar-refractivity contribution is 6.32. The summed E-state index contributed by atoms with van der Waals surface area (Å²) in [5, 5.41) is 9.98. The SMILES string of the molecule is C=CC(=O)Nc1cc(Nc2ncc(Cl)c(N[C@H]3CCCN(CCF)C3)n2)c(OC)cc1N1CCC(N(C)C)CC1. The molecule has 0 aliphatic carbocycles. The summed E-state index contributed by atoms with van der Waals surface area (Å²) < 4.78 is 18.6. The molecule has 0 saturated carbocycles. The van der Waals surface area contributed by atoms with Crippen molar-refractivity contribution in [2.75, 3.05) is 81.5 Å². The lowest BCUT2D eigenvalue weighted by Gasteiger charge is -2.37. The number of nitrogens with one attached hydrogen (secondary N) is 3. The molecule has 2 aromatic rings. The summed E-state index contributed by atoms with van der Waals surface area (Å²) in [5.74, 6) is 1.11. The lowest BCUT2D eigenvalue weighted by Crippen LogP contribution is -2.43. The summed E-state index contributed by atoms with van der Waals surface area (Å²) in [6, 6.07) is 4.38. The average molecular weight is 575 g/mol. The Morgan fingerprint density at radius 3 is 2.70 bits per heavy atom. The van der Waals surface area contributed by atoms with E-state index in [-0.39, 0.29) is 18.6 Å². The van der Waals surface area contributed by atoms with Crippen molar-refractivity contribution in [1.82, 2.24) is 19.8 Å². The second-order valence-corrected chi connectivity index (χ2v) is 10.8. The second-order valence-electron chi connectivity index (χ2n) is 10.4. The largest absolute Gasteiger partial charge is 0.494 e. The van der Waals surface area contributed by atoms with E-state index in [9.17, 15) is 9.18 Å². The number of ether oxygens (including phenoxy) is 1. The van der Waals surface area contributed by atoms with Crippen LogP contribution in [-0.4, -0.2) is 98.4 Å². The number of piperidine rings is 2. The molecule has 4 rings (SSSR count). The lowest BCUT2D eigenvalue weighted by atomic mass is 10.0. The highest BCUT2D eigenvalue weighted by Gasteiger charge is 2.25. The standard InChI is InChI=1S/C28H40ClFN8O2/c1-5-26(39)33-22-15-23(25(40-4)16-24(22)38-12-8-20(9-13-38)36(2)3)34-28-31-17-21(29)27(35-28)32-19-7-6-11-37(18-19)14-10-30/h5,15-17,19-20H,1,6-14,18H2,2-4H3,(H,33,39)(H2,31,32,34,35)/t19-/m0/s1. The van der Waals surface area contributed by atoms with Crippen molar-refractivity contribution in [2.45, 2.75) is 37.8 Å². The number of halogens is 2. The molecule has 1 atom stereocenters. The molecule has 2 saturated heterocycles. The van der Waals surface area contributed by atoms with E-state index < -0.39 is 0 Å². The van der Waals surface area contributed by atoms with Gasteiger partial charge in [0.1, 0.15) is 17.4 Å². The van der Waals surface area contributed by atoms with Gasteiger partial charge in [-0.1, -0.05) is 18.2 Å². The molecule has 2 aliphatic rings. The fourth-order valence-corrected chi connectivity index (χ4v) is 5.49. The molecule has 2 fully saturated rings. The number of rotatable bonds is 11. The van der Waals surface area contributed by atoms with Crippen LogP contribution in [0.5, 0.6) is 5.75 Å². The van der Waals surface area contributed by atoms with Crippen molar-refractivity contribution >= 4 is 46.3 Å². The quantitative estimate of drug-likeness (QED) is 0.338. The van der Waals surface area contributed by atoms with Crippen molar-refractivity contribution in [2.24, 2.45) is 0 Å². The number of aromatic nitrogens is 2.